The number of rotatable bonds is 7. The Bertz CT molecular complexity index is 1070. The van der Waals surface area contributed by atoms with Gasteiger partial charge in [0, 0.05) is 18.8 Å². The molecule has 1 heterocycles. The van der Waals surface area contributed by atoms with Crippen LogP contribution in [-0.4, -0.2) is 50.8 Å². The minimum Gasteiger partial charge on any atom is -0.452 e. The van der Waals surface area contributed by atoms with E-state index < -0.39 is 28.5 Å². The topological polar surface area (TPSA) is 108 Å². The summed E-state index contributed by atoms with van der Waals surface area (Å²) in [5.74, 6) is -1.28. The minimum atomic E-state index is -3.61. The molecule has 2 aromatic rings. The quantitative estimate of drug-likeness (QED) is 0.469. The van der Waals surface area contributed by atoms with E-state index in [9.17, 15) is 18.0 Å². The predicted octanol–water partition coefficient (Wildman–Crippen LogP) is 2.96. The van der Waals surface area contributed by atoms with Gasteiger partial charge in [0.1, 0.15) is 6.54 Å². The van der Waals surface area contributed by atoms with Gasteiger partial charge in [-0.25, -0.2) is 13.2 Å². The van der Waals surface area contributed by atoms with Crippen LogP contribution in [0.5, 0.6) is 0 Å². The van der Waals surface area contributed by atoms with Gasteiger partial charge in [-0.1, -0.05) is 31.0 Å². The second-order valence-corrected chi connectivity index (χ2v) is 9.33. The highest BCUT2D eigenvalue weighted by Crippen LogP contribution is 2.21. The molecule has 0 unspecified atom stereocenters. The average molecular weight is 456 g/mol. The molecule has 8 nitrogen and oxygen atoms in total. The van der Waals surface area contributed by atoms with Crippen molar-refractivity contribution in [3.8, 4) is 6.07 Å². The smallest absolute Gasteiger partial charge is 0.338 e. The van der Waals surface area contributed by atoms with Crippen molar-refractivity contribution in [2.45, 2.75) is 30.6 Å². The van der Waals surface area contributed by atoms with Gasteiger partial charge in [0.15, 0.2) is 6.61 Å². The third kappa shape index (κ3) is 5.72. The van der Waals surface area contributed by atoms with Crippen molar-refractivity contribution >= 4 is 27.6 Å². The zero-order chi connectivity index (χ0) is 23.0. The van der Waals surface area contributed by atoms with E-state index in [0.29, 0.717) is 18.8 Å². The number of ether oxygens (including phenoxy) is 1. The van der Waals surface area contributed by atoms with E-state index in [2.05, 4.69) is 0 Å². The third-order valence-corrected chi connectivity index (χ3v) is 7.13. The summed E-state index contributed by atoms with van der Waals surface area (Å²) < 4.78 is 32.3. The van der Waals surface area contributed by atoms with Gasteiger partial charge in [0.2, 0.25) is 10.0 Å². The van der Waals surface area contributed by atoms with E-state index in [4.69, 9.17) is 10.00 Å². The number of amides is 1. The lowest BCUT2D eigenvalue weighted by atomic mass is 10.2. The Morgan fingerprint density at radius 2 is 1.59 bits per heavy atom. The Balaban J connectivity index is 1.63. The molecule has 1 aliphatic heterocycles. The normalized spacial score (nSPS) is 14.7. The molecule has 1 saturated heterocycles. The van der Waals surface area contributed by atoms with Crippen molar-refractivity contribution in [2.24, 2.45) is 0 Å². The van der Waals surface area contributed by atoms with E-state index >= 15 is 0 Å². The lowest BCUT2D eigenvalue weighted by Crippen LogP contribution is -2.35. The molecule has 0 bridgehead atoms. The average Bonchev–Trinajstić information content (AvgIpc) is 3.12. The van der Waals surface area contributed by atoms with Gasteiger partial charge >= 0.3 is 5.97 Å². The molecule has 168 valence electrons. The number of hydrogen-bond acceptors (Lipinski definition) is 6. The highest BCUT2D eigenvalue weighted by molar-refractivity contribution is 7.89. The Hall–Kier alpha value is -3.22. The van der Waals surface area contributed by atoms with E-state index in [1.54, 1.807) is 30.3 Å². The van der Waals surface area contributed by atoms with Crippen LogP contribution in [0, 0.1) is 11.3 Å². The molecule has 1 aliphatic rings. The van der Waals surface area contributed by atoms with E-state index in [-0.39, 0.29) is 17.0 Å². The van der Waals surface area contributed by atoms with Crippen LogP contribution in [0.3, 0.4) is 0 Å². The van der Waals surface area contributed by atoms with E-state index in [0.717, 1.165) is 25.7 Å². The van der Waals surface area contributed by atoms with Crippen LogP contribution in [0.2, 0.25) is 0 Å². The van der Waals surface area contributed by atoms with E-state index in [1.165, 1.54) is 33.5 Å². The largest absolute Gasteiger partial charge is 0.452 e. The number of nitriles is 1. The number of carbonyl (C=O) groups excluding carboxylic acids is 2. The number of benzene rings is 2. The second kappa shape index (κ2) is 10.9. The van der Waals surface area contributed by atoms with Crippen LogP contribution in [-0.2, 0) is 19.6 Å². The van der Waals surface area contributed by atoms with Crippen LogP contribution in [0.1, 0.15) is 36.0 Å². The first-order valence-electron chi connectivity index (χ1n) is 10.4. The maximum Gasteiger partial charge on any atom is 0.338 e. The standard InChI is InChI=1S/C23H25N3O5S/c24-14-17-26(20-8-4-3-5-9-20)22(27)18-31-23(28)19-10-12-21(13-11-19)32(29,30)25-15-6-1-2-7-16-25/h3-5,8-13H,1-2,6-7,15-18H2. The molecule has 0 aromatic heterocycles. The first kappa shape index (κ1) is 23.4. The van der Waals surface area contributed by atoms with Gasteiger partial charge in [0.25, 0.3) is 5.91 Å². The summed E-state index contributed by atoms with van der Waals surface area (Å²) in [7, 11) is -3.61. The molecule has 0 aliphatic carbocycles. The monoisotopic (exact) mass is 455 g/mol. The van der Waals surface area contributed by atoms with Crippen LogP contribution in [0.15, 0.2) is 59.5 Å². The zero-order valence-electron chi connectivity index (χ0n) is 17.6. The minimum absolute atomic E-state index is 0.122. The van der Waals surface area contributed by atoms with E-state index in [1.807, 2.05) is 6.07 Å². The summed E-state index contributed by atoms with van der Waals surface area (Å²) in [5.41, 5.74) is 0.664. The number of nitrogens with zero attached hydrogens (tertiary/aromatic N) is 3. The fourth-order valence-electron chi connectivity index (χ4n) is 3.48. The maximum absolute atomic E-state index is 12.8. The summed E-state index contributed by atoms with van der Waals surface area (Å²) in [6, 6.07) is 16.1. The number of carbonyl (C=O) groups is 2. The fourth-order valence-corrected chi connectivity index (χ4v) is 5.00. The lowest BCUT2D eigenvalue weighted by Gasteiger charge is -2.20. The molecule has 32 heavy (non-hydrogen) atoms. The molecule has 9 heteroatoms. The number of anilines is 1. The Labute approximate surface area is 188 Å². The molecule has 2 aromatic carbocycles. The van der Waals surface area contributed by atoms with Gasteiger partial charge in [-0.05, 0) is 49.2 Å². The van der Waals surface area contributed by atoms with Crippen LogP contribution in [0.25, 0.3) is 0 Å². The van der Waals surface area contributed by atoms with Crippen LogP contribution < -0.4 is 4.90 Å². The fraction of sp³-hybridized carbons (Fsp3) is 0.348. The summed E-state index contributed by atoms with van der Waals surface area (Å²) >= 11 is 0. The van der Waals surface area contributed by atoms with Gasteiger partial charge in [-0.3, -0.25) is 9.69 Å². The van der Waals surface area contributed by atoms with Crippen molar-refractivity contribution in [2.75, 3.05) is 31.1 Å². The molecule has 0 saturated carbocycles. The molecule has 0 radical (unpaired) electrons. The van der Waals surface area contributed by atoms with Crippen molar-refractivity contribution in [3.05, 3.63) is 60.2 Å². The van der Waals surface area contributed by atoms with Crippen molar-refractivity contribution < 1.29 is 22.7 Å². The highest BCUT2D eigenvalue weighted by Gasteiger charge is 2.25. The Morgan fingerprint density at radius 1 is 0.969 bits per heavy atom. The Morgan fingerprint density at radius 3 is 2.19 bits per heavy atom. The summed E-state index contributed by atoms with van der Waals surface area (Å²) in [6.45, 7) is 0.274. The molecule has 1 fully saturated rings. The van der Waals surface area contributed by atoms with Crippen LogP contribution >= 0.6 is 0 Å². The predicted molar refractivity (Wildman–Crippen MR) is 118 cm³/mol. The number of hydrogen-bond donors (Lipinski definition) is 0. The first-order chi connectivity index (χ1) is 15.4. The highest BCUT2D eigenvalue weighted by atomic mass is 32.2. The second-order valence-electron chi connectivity index (χ2n) is 7.39. The SMILES string of the molecule is N#CCN(C(=O)COC(=O)c1ccc(S(=O)(=O)N2CCCCCC2)cc1)c1ccccc1. The van der Waals surface area contributed by atoms with Gasteiger partial charge in [-0.15, -0.1) is 0 Å². The Kier molecular flexibility index (Phi) is 7.98. The first-order valence-corrected chi connectivity index (χ1v) is 11.9. The summed E-state index contributed by atoms with van der Waals surface area (Å²) in [4.78, 5) is 26.2. The lowest BCUT2D eigenvalue weighted by molar-refractivity contribution is -0.121. The van der Waals surface area contributed by atoms with Crippen molar-refractivity contribution in [3.63, 3.8) is 0 Å². The number of para-hydroxylation sites is 1. The molecular formula is C23H25N3O5S. The van der Waals surface area contributed by atoms with Crippen molar-refractivity contribution in [1.82, 2.24) is 4.31 Å². The van der Waals surface area contributed by atoms with Gasteiger partial charge < -0.3 is 4.74 Å². The molecular weight excluding hydrogens is 430 g/mol. The molecule has 1 amide bonds. The van der Waals surface area contributed by atoms with Gasteiger partial charge in [-0.2, -0.15) is 9.57 Å². The molecule has 0 N–H and O–H groups in total. The third-order valence-electron chi connectivity index (χ3n) is 5.22. The zero-order valence-corrected chi connectivity index (χ0v) is 18.5. The number of esters is 1. The van der Waals surface area contributed by atoms with Crippen molar-refractivity contribution in [1.29, 1.82) is 5.26 Å². The summed E-state index contributed by atoms with van der Waals surface area (Å²) in [6.07, 6.45) is 3.71. The molecule has 3 rings (SSSR count). The summed E-state index contributed by atoms with van der Waals surface area (Å²) in [5, 5.41) is 9.00. The van der Waals surface area contributed by atoms with Crippen LogP contribution in [0.4, 0.5) is 5.69 Å². The molecule has 0 spiro atoms. The number of sulfonamides is 1. The maximum atomic E-state index is 12.8. The van der Waals surface area contributed by atoms with Gasteiger partial charge in [0.05, 0.1) is 16.5 Å². The molecule has 0 atom stereocenters.